The topological polar surface area (TPSA) is 71.3 Å². The smallest absolute Gasteiger partial charge is 0.315 e. The molecule has 30 heavy (non-hydrogen) atoms. The third-order valence-corrected chi connectivity index (χ3v) is 5.98. The van der Waals surface area contributed by atoms with Gasteiger partial charge in [-0.15, -0.1) is 0 Å². The van der Waals surface area contributed by atoms with E-state index in [9.17, 15) is 4.79 Å². The number of halogens is 1. The fourth-order valence-electron chi connectivity index (χ4n) is 4.32. The van der Waals surface area contributed by atoms with E-state index < -0.39 is 6.03 Å². The molecule has 5 nitrogen and oxygen atoms in total. The van der Waals surface area contributed by atoms with Gasteiger partial charge in [-0.25, -0.2) is 4.79 Å². The molecular weight excluding hydrogens is 398 g/mol. The molecule has 0 aliphatic carbocycles. The van der Waals surface area contributed by atoms with Crippen LogP contribution in [-0.2, 0) is 6.54 Å². The van der Waals surface area contributed by atoms with Gasteiger partial charge in [0.1, 0.15) is 5.75 Å². The monoisotopic (exact) mass is 417 g/mol. The van der Waals surface area contributed by atoms with Crippen molar-refractivity contribution in [2.75, 3.05) is 7.11 Å². The number of primary amides is 1. The zero-order valence-corrected chi connectivity index (χ0v) is 17.1. The van der Waals surface area contributed by atoms with Crippen LogP contribution in [0.5, 0.6) is 5.75 Å². The molecule has 1 aromatic heterocycles. The predicted molar refractivity (Wildman–Crippen MR) is 119 cm³/mol. The van der Waals surface area contributed by atoms with Crippen LogP contribution in [0, 0.1) is 0 Å². The maximum atomic E-state index is 12.3. The molecule has 0 spiro atoms. The van der Waals surface area contributed by atoms with E-state index in [1.54, 1.807) is 12.0 Å². The number of benzene rings is 3. The molecule has 150 valence electrons. The summed E-state index contributed by atoms with van der Waals surface area (Å²) in [5.41, 5.74) is 12.0. The van der Waals surface area contributed by atoms with E-state index in [-0.39, 0.29) is 6.04 Å². The highest BCUT2D eigenvalue weighted by atomic mass is 35.5. The van der Waals surface area contributed by atoms with E-state index in [0.717, 1.165) is 44.5 Å². The lowest BCUT2D eigenvalue weighted by Crippen LogP contribution is -2.34. The molecule has 4 aromatic rings. The quantitative estimate of drug-likeness (QED) is 0.463. The van der Waals surface area contributed by atoms with Crippen molar-refractivity contribution in [3.8, 4) is 16.9 Å². The van der Waals surface area contributed by atoms with Crippen molar-refractivity contribution < 1.29 is 9.53 Å². The maximum absolute atomic E-state index is 12.3. The number of hydrogen-bond donors (Lipinski definition) is 2. The average molecular weight is 418 g/mol. The molecule has 3 aromatic carbocycles. The second-order valence-electron chi connectivity index (χ2n) is 7.45. The summed E-state index contributed by atoms with van der Waals surface area (Å²) >= 11 is 6.24. The van der Waals surface area contributed by atoms with E-state index >= 15 is 0 Å². The summed E-state index contributed by atoms with van der Waals surface area (Å²) in [6.07, 6.45) is 1.94. The van der Waals surface area contributed by atoms with Crippen LogP contribution in [-0.4, -0.2) is 23.0 Å². The van der Waals surface area contributed by atoms with Crippen molar-refractivity contribution in [1.29, 1.82) is 0 Å². The zero-order valence-electron chi connectivity index (χ0n) is 16.4. The third-order valence-electron chi connectivity index (χ3n) is 5.75. The van der Waals surface area contributed by atoms with Crippen molar-refractivity contribution >= 4 is 28.5 Å². The highest BCUT2D eigenvalue weighted by Crippen LogP contribution is 2.42. The highest BCUT2D eigenvalue weighted by Gasteiger charge is 2.35. The standard InChI is InChI=1S/C24H20ClN3O2/c1-30-18-4-2-3-14(10-18)15-5-7-19-16(9-15)13-28(24(26)29)23(19)21-12-27-22-8-6-17(25)11-20(21)22/h2-12,23,27H,13H2,1H3,(H2,26,29). The van der Waals surface area contributed by atoms with Crippen LogP contribution in [0.1, 0.15) is 22.7 Å². The number of amides is 2. The Morgan fingerprint density at radius 3 is 2.73 bits per heavy atom. The van der Waals surface area contributed by atoms with Crippen LogP contribution < -0.4 is 10.5 Å². The largest absolute Gasteiger partial charge is 0.497 e. The van der Waals surface area contributed by atoms with Gasteiger partial charge in [-0.1, -0.05) is 35.9 Å². The fourth-order valence-corrected chi connectivity index (χ4v) is 4.49. The second kappa shape index (κ2) is 7.11. The number of carbonyl (C=O) groups is 1. The first-order chi connectivity index (χ1) is 14.5. The number of aromatic nitrogens is 1. The molecule has 0 radical (unpaired) electrons. The number of ether oxygens (including phenoxy) is 1. The van der Waals surface area contributed by atoms with Gasteiger partial charge in [0.2, 0.25) is 0 Å². The molecule has 0 saturated heterocycles. The van der Waals surface area contributed by atoms with Gasteiger partial charge in [-0.2, -0.15) is 0 Å². The number of H-pyrrole nitrogens is 1. The summed E-state index contributed by atoms with van der Waals surface area (Å²) in [5.74, 6) is 0.806. The molecule has 5 rings (SSSR count). The summed E-state index contributed by atoms with van der Waals surface area (Å²) < 4.78 is 5.35. The molecule has 1 aliphatic heterocycles. The first-order valence-corrected chi connectivity index (χ1v) is 10.0. The molecule has 2 heterocycles. The SMILES string of the molecule is COc1cccc(-c2ccc3c(c2)CN(C(N)=O)C3c2c[nH]c3ccc(Cl)cc23)c1. The summed E-state index contributed by atoms with van der Waals surface area (Å²) in [4.78, 5) is 17.3. The first-order valence-electron chi connectivity index (χ1n) is 9.65. The van der Waals surface area contributed by atoms with Gasteiger partial charge in [0.15, 0.2) is 0 Å². The van der Waals surface area contributed by atoms with Gasteiger partial charge in [0.05, 0.1) is 13.2 Å². The van der Waals surface area contributed by atoms with E-state index in [2.05, 4.69) is 23.2 Å². The second-order valence-corrected chi connectivity index (χ2v) is 7.88. The van der Waals surface area contributed by atoms with Gasteiger partial charge in [0.25, 0.3) is 0 Å². The zero-order chi connectivity index (χ0) is 20.8. The summed E-state index contributed by atoms with van der Waals surface area (Å²) in [6.45, 7) is 0.459. The van der Waals surface area contributed by atoms with Crippen molar-refractivity contribution in [3.63, 3.8) is 0 Å². The molecule has 2 amide bonds. The number of nitrogens with zero attached hydrogens (tertiary/aromatic N) is 1. The molecule has 3 N–H and O–H groups in total. The van der Waals surface area contributed by atoms with Gasteiger partial charge >= 0.3 is 6.03 Å². The van der Waals surface area contributed by atoms with E-state index in [4.69, 9.17) is 22.1 Å². The Hall–Kier alpha value is -3.44. The van der Waals surface area contributed by atoms with Crippen LogP contribution in [0.15, 0.2) is 66.9 Å². The van der Waals surface area contributed by atoms with Crippen molar-refractivity contribution in [2.24, 2.45) is 5.73 Å². The van der Waals surface area contributed by atoms with E-state index in [1.165, 1.54) is 0 Å². The Balaban J connectivity index is 1.63. The van der Waals surface area contributed by atoms with Crippen LogP contribution in [0.2, 0.25) is 5.02 Å². The molecule has 0 saturated carbocycles. The Labute approximate surface area is 179 Å². The van der Waals surface area contributed by atoms with Gasteiger partial charge < -0.3 is 20.4 Å². The van der Waals surface area contributed by atoms with Crippen LogP contribution in [0.25, 0.3) is 22.0 Å². The molecular formula is C24H20ClN3O2. The van der Waals surface area contributed by atoms with Gasteiger partial charge in [0, 0.05) is 34.2 Å². The number of nitrogens with one attached hydrogen (secondary N) is 1. The van der Waals surface area contributed by atoms with Crippen LogP contribution >= 0.6 is 11.6 Å². The maximum Gasteiger partial charge on any atom is 0.315 e. The van der Waals surface area contributed by atoms with Crippen molar-refractivity contribution in [1.82, 2.24) is 9.88 Å². The molecule has 0 bridgehead atoms. The third kappa shape index (κ3) is 2.99. The van der Waals surface area contributed by atoms with Crippen LogP contribution in [0.4, 0.5) is 4.79 Å². The number of rotatable bonds is 3. The normalized spacial score (nSPS) is 15.4. The molecule has 1 aliphatic rings. The summed E-state index contributed by atoms with van der Waals surface area (Å²) in [6, 6.07) is 19.2. The number of aromatic amines is 1. The number of nitrogens with two attached hydrogens (primary N) is 1. The number of carbonyl (C=O) groups excluding carboxylic acids is 1. The Kier molecular flexibility index (Phi) is 4.40. The van der Waals surface area contributed by atoms with Crippen molar-refractivity contribution in [2.45, 2.75) is 12.6 Å². The van der Waals surface area contributed by atoms with E-state index in [0.29, 0.717) is 11.6 Å². The Morgan fingerprint density at radius 2 is 1.93 bits per heavy atom. The number of hydrogen-bond acceptors (Lipinski definition) is 2. The van der Waals surface area contributed by atoms with Crippen molar-refractivity contribution in [3.05, 3.63) is 88.6 Å². The lowest BCUT2D eigenvalue weighted by atomic mass is 9.94. The Morgan fingerprint density at radius 1 is 1.10 bits per heavy atom. The van der Waals surface area contributed by atoms with Gasteiger partial charge in [-0.05, 0) is 58.7 Å². The minimum Gasteiger partial charge on any atom is -0.497 e. The fraction of sp³-hybridized carbons (Fsp3) is 0.125. The average Bonchev–Trinajstić information content (AvgIpc) is 3.34. The minimum absolute atomic E-state index is 0.260. The molecule has 1 atom stereocenters. The number of urea groups is 1. The lowest BCUT2D eigenvalue weighted by molar-refractivity contribution is 0.199. The summed E-state index contributed by atoms with van der Waals surface area (Å²) in [7, 11) is 1.66. The molecule has 1 unspecified atom stereocenters. The van der Waals surface area contributed by atoms with Crippen LogP contribution in [0.3, 0.4) is 0 Å². The Bertz CT molecular complexity index is 1280. The molecule has 0 fully saturated rings. The van der Waals surface area contributed by atoms with Gasteiger partial charge in [-0.3, -0.25) is 0 Å². The first kappa shape index (κ1) is 18.6. The minimum atomic E-state index is -0.449. The summed E-state index contributed by atoms with van der Waals surface area (Å²) in [5, 5.41) is 1.64. The number of fused-ring (bicyclic) bond motifs is 2. The predicted octanol–water partition coefficient (Wildman–Crippen LogP) is 5.48. The highest BCUT2D eigenvalue weighted by molar-refractivity contribution is 6.31. The van der Waals surface area contributed by atoms with E-state index in [1.807, 2.05) is 48.7 Å². The number of methoxy groups -OCH3 is 1. The molecule has 6 heteroatoms. The lowest BCUT2D eigenvalue weighted by Gasteiger charge is -2.23.